The second kappa shape index (κ2) is 4.89. The van der Waals surface area contributed by atoms with E-state index in [1.165, 1.54) is 0 Å². The predicted molar refractivity (Wildman–Crippen MR) is 54.4 cm³/mol. The van der Waals surface area contributed by atoms with Crippen molar-refractivity contribution in [2.24, 2.45) is 0 Å². The molecule has 0 radical (unpaired) electrons. The lowest BCUT2D eigenvalue weighted by atomic mass is 10.0. The monoisotopic (exact) mass is 332 g/mol. The van der Waals surface area contributed by atoms with Crippen LogP contribution in [-0.2, 0) is 9.53 Å². The van der Waals surface area contributed by atoms with Crippen LogP contribution in [0.25, 0.3) is 0 Å². The first-order chi connectivity index (χ1) is 6.49. The number of hydrogen-bond acceptors (Lipinski definition) is 5. The Bertz CT molecular complexity index is 224. The van der Waals surface area contributed by atoms with Crippen molar-refractivity contribution < 1.29 is 24.9 Å². The third-order valence-corrected chi connectivity index (χ3v) is 3.58. The van der Waals surface area contributed by atoms with Gasteiger partial charge in [0.1, 0.15) is 17.0 Å². The number of aliphatic hydroxyl groups is 3. The number of ether oxygens (including phenoxy) is 1. The van der Waals surface area contributed by atoms with E-state index in [2.05, 4.69) is 31.9 Å². The number of hydrogen-bond donors (Lipinski definition) is 3. The second-order valence-corrected chi connectivity index (χ2v) is 4.64. The van der Waals surface area contributed by atoms with E-state index in [0.717, 1.165) is 0 Å². The van der Waals surface area contributed by atoms with Gasteiger partial charge in [-0.15, -0.1) is 0 Å². The molecule has 0 bridgehead atoms. The molecule has 1 aliphatic heterocycles. The summed E-state index contributed by atoms with van der Waals surface area (Å²) in [7, 11) is 0. The van der Waals surface area contributed by atoms with Crippen molar-refractivity contribution in [1.29, 1.82) is 0 Å². The van der Waals surface area contributed by atoms with Crippen LogP contribution in [0.4, 0.5) is 0 Å². The van der Waals surface area contributed by atoms with Crippen molar-refractivity contribution in [1.82, 2.24) is 0 Å². The highest BCUT2D eigenvalue weighted by molar-refractivity contribution is 9.10. The summed E-state index contributed by atoms with van der Waals surface area (Å²) >= 11 is 5.89. The van der Waals surface area contributed by atoms with Gasteiger partial charge in [0.25, 0.3) is 0 Å². The van der Waals surface area contributed by atoms with Crippen LogP contribution in [0.3, 0.4) is 0 Å². The van der Waals surface area contributed by atoms with Crippen LogP contribution in [0.15, 0.2) is 0 Å². The standard InChI is InChI=1S/C7H10Br2O5/c8-1-2(10)4(11)6-5(12)3(9)7(13)14-6/h2-6,10-12H,1H2/t2-,3+,4-,5+,6+/m1/s1. The Balaban J connectivity index is 2.66. The van der Waals surface area contributed by atoms with E-state index in [9.17, 15) is 20.1 Å². The number of carbonyl (C=O) groups excluding carboxylic acids is 1. The van der Waals surface area contributed by atoms with Crippen LogP contribution >= 0.6 is 31.9 Å². The zero-order valence-electron chi connectivity index (χ0n) is 7.01. The van der Waals surface area contributed by atoms with E-state index >= 15 is 0 Å². The lowest BCUT2D eigenvalue weighted by Gasteiger charge is -2.23. The molecular weight excluding hydrogens is 324 g/mol. The molecule has 0 aromatic heterocycles. The Labute approximate surface area is 97.3 Å². The van der Waals surface area contributed by atoms with E-state index in [-0.39, 0.29) is 5.33 Å². The Morgan fingerprint density at radius 2 is 2.07 bits per heavy atom. The molecule has 5 atom stereocenters. The second-order valence-electron chi connectivity index (χ2n) is 3.01. The molecule has 0 aromatic carbocycles. The maximum atomic E-state index is 11.0. The predicted octanol–water partition coefficient (Wildman–Crippen LogP) is -0.847. The molecule has 82 valence electrons. The van der Waals surface area contributed by atoms with Crippen LogP contribution in [0.2, 0.25) is 0 Å². The van der Waals surface area contributed by atoms with Crippen molar-refractivity contribution in [3.63, 3.8) is 0 Å². The quantitative estimate of drug-likeness (QED) is 0.463. The number of carbonyl (C=O) groups is 1. The minimum absolute atomic E-state index is 0.141. The zero-order valence-corrected chi connectivity index (χ0v) is 10.2. The van der Waals surface area contributed by atoms with Gasteiger partial charge in [-0.1, -0.05) is 31.9 Å². The lowest BCUT2D eigenvalue weighted by Crippen LogP contribution is -2.44. The molecule has 7 heteroatoms. The van der Waals surface area contributed by atoms with Gasteiger partial charge < -0.3 is 20.1 Å². The molecule has 1 rings (SSSR count). The van der Waals surface area contributed by atoms with E-state index in [1.54, 1.807) is 0 Å². The summed E-state index contributed by atoms with van der Waals surface area (Å²) in [5, 5.41) is 28.4. The highest BCUT2D eigenvalue weighted by Gasteiger charge is 2.47. The van der Waals surface area contributed by atoms with Crippen molar-refractivity contribution in [3.8, 4) is 0 Å². The Hall–Kier alpha value is 0.310. The van der Waals surface area contributed by atoms with Crippen LogP contribution in [0.1, 0.15) is 0 Å². The van der Waals surface area contributed by atoms with Crippen LogP contribution in [0.5, 0.6) is 0 Å². The zero-order chi connectivity index (χ0) is 10.9. The number of halogens is 2. The fourth-order valence-corrected chi connectivity index (χ4v) is 1.95. The fourth-order valence-electron chi connectivity index (χ4n) is 1.16. The molecule has 0 saturated carbocycles. The summed E-state index contributed by atoms with van der Waals surface area (Å²) in [4.78, 5) is 10.1. The largest absolute Gasteiger partial charge is 0.456 e. The molecule has 1 aliphatic rings. The summed E-state index contributed by atoms with van der Waals surface area (Å²) in [6.07, 6.45) is -4.61. The summed E-state index contributed by atoms with van der Waals surface area (Å²) < 4.78 is 4.70. The SMILES string of the molecule is O=C1O[C@@H]([C@H](O)[C@H](O)CBr)[C@@H](O)[C@@H]1Br. The molecule has 0 aliphatic carbocycles. The average Bonchev–Trinajstić information content (AvgIpc) is 2.43. The highest BCUT2D eigenvalue weighted by atomic mass is 79.9. The molecule has 0 amide bonds. The van der Waals surface area contributed by atoms with Gasteiger partial charge in [-0.2, -0.15) is 0 Å². The number of rotatable bonds is 3. The van der Waals surface area contributed by atoms with Crippen LogP contribution < -0.4 is 0 Å². The molecule has 1 heterocycles. The maximum absolute atomic E-state index is 11.0. The van der Waals surface area contributed by atoms with Crippen molar-refractivity contribution in [2.45, 2.75) is 29.2 Å². The first-order valence-electron chi connectivity index (χ1n) is 3.93. The molecule has 3 N–H and O–H groups in total. The third kappa shape index (κ3) is 2.27. The average molecular weight is 334 g/mol. The van der Waals surface area contributed by atoms with Gasteiger partial charge in [0.15, 0.2) is 6.10 Å². The molecule has 1 fully saturated rings. The van der Waals surface area contributed by atoms with Gasteiger partial charge in [0.05, 0.1) is 6.10 Å². The molecular formula is C7H10Br2O5. The van der Waals surface area contributed by atoms with E-state index in [0.29, 0.717) is 0 Å². The first kappa shape index (κ1) is 12.4. The third-order valence-electron chi connectivity index (χ3n) is 2.00. The maximum Gasteiger partial charge on any atom is 0.323 e. The van der Waals surface area contributed by atoms with Gasteiger partial charge in [0, 0.05) is 5.33 Å². The van der Waals surface area contributed by atoms with Crippen LogP contribution in [0, 0.1) is 0 Å². The van der Waals surface area contributed by atoms with Crippen molar-refractivity contribution in [3.05, 3.63) is 0 Å². The summed E-state index contributed by atoms with van der Waals surface area (Å²) in [5.74, 6) is -0.636. The minimum atomic E-state index is -1.30. The van der Waals surface area contributed by atoms with Gasteiger partial charge in [-0.3, -0.25) is 4.79 Å². The molecule has 14 heavy (non-hydrogen) atoms. The topological polar surface area (TPSA) is 87.0 Å². The van der Waals surface area contributed by atoms with Crippen molar-refractivity contribution in [2.75, 3.05) is 5.33 Å². The molecule has 0 spiro atoms. The molecule has 0 unspecified atom stereocenters. The van der Waals surface area contributed by atoms with Crippen LogP contribution in [-0.4, -0.2) is 55.9 Å². The van der Waals surface area contributed by atoms with E-state index in [4.69, 9.17) is 4.74 Å². The fraction of sp³-hybridized carbons (Fsp3) is 0.857. The van der Waals surface area contributed by atoms with E-state index in [1.807, 2.05) is 0 Å². The van der Waals surface area contributed by atoms with E-state index < -0.39 is 35.2 Å². The first-order valence-corrected chi connectivity index (χ1v) is 5.97. The van der Waals surface area contributed by atoms with Crippen molar-refractivity contribution >= 4 is 37.8 Å². The normalized spacial score (nSPS) is 36.6. The van der Waals surface area contributed by atoms with Gasteiger partial charge in [0.2, 0.25) is 0 Å². The summed E-state index contributed by atoms with van der Waals surface area (Å²) in [5.41, 5.74) is 0. The molecule has 1 saturated heterocycles. The number of aliphatic hydroxyl groups excluding tert-OH is 3. The number of esters is 1. The summed E-state index contributed by atoms with van der Waals surface area (Å²) in [6.45, 7) is 0. The molecule has 0 aromatic rings. The number of cyclic esters (lactones) is 1. The smallest absolute Gasteiger partial charge is 0.323 e. The van der Waals surface area contributed by atoms with Gasteiger partial charge in [-0.25, -0.2) is 0 Å². The lowest BCUT2D eigenvalue weighted by molar-refractivity contribution is -0.150. The van der Waals surface area contributed by atoms with Gasteiger partial charge >= 0.3 is 5.97 Å². The van der Waals surface area contributed by atoms with Gasteiger partial charge in [-0.05, 0) is 0 Å². The Kier molecular flexibility index (Phi) is 4.32. The highest BCUT2D eigenvalue weighted by Crippen LogP contribution is 2.25. The summed E-state index contributed by atoms with van der Waals surface area (Å²) in [6, 6.07) is 0. The Morgan fingerprint density at radius 3 is 2.43 bits per heavy atom. The number of alkyl halides is 2. The Morgan fingerprint density at radius 1 is 1.50 bits per heavy atom. The molecule has 5 nitrogen and oxygen atoms in total. The minimum Gasteiger partial charge on any atom is -0.456 e.